The first-order chi connectivity index (χ1) is 9.93. The molecular weight excluding hydrogens is 303 g/mol. The molecule has 0 heterocycles. The van der Waals surface area contributed by atoms with E-state index in [1.165, 1.54) is 0 Å². The van der Waals surface area contributed by atoms with Gasteiger partial charge in [0.05, 0.1) is 7.11 Å². The third-order valence-electron chi connectivity index (χ3n) is 2.57. The van der Waals surface area contributed by atoms with Crippen LogP contribution in [0.3, 0.4) is 0 Å². The first-order valence-electron chi connectivity index (χ1n) is 5.80. The summed E-state index contributed by atoms with van der Waals surface area (Å²) in [5, 5.41) is 0. The summed E-state index contributed by atoms with van der Waals surface area (Å²) in [6, 6.07) is 8.76. The summed E-state index contributed by atoms with van der Waals surface area (Å²) in [4.78, 5) is 26.0. The normalized spacial score (nSPS) is 14.5. The van der Waals surface area contributed by atoms with Crippen molar-refractivity contribution in [2.45, 2.75) is 12.1 Å². The van der Waals surface area contributed by atoms with Crippen LogP contribution in [0, 0.1) is 0 Å². The Morgan fingerprint density at radius 1 is 1.19 bits per heavy atom. The van der Waals surface area contributed by atoms with E-state index >= 15 is 0 Å². The smallest absolute Gasteiger partial charge is 0.426 e. The molecule has 0 radical (unpaired) electrons. The third-order valence-corrected chi connectivity index (χ3v) is 4.21. The van der Waals surface area contributed by atoms with Crippen molar-refractivity contribution in [3.05, 3.63) is 35.9 Å². The number of esters is 1. The van der Waals surface area contributed by atoms with Gasteiger partial charge in [-0.1, -0.05) is 30.3 Å². The molecule has 1 N–H and O–H groups in total. The van der Waals surface area contributed by atoms with Gasteiger partial charge in [-0.3, -0.25) is 4.57 Å². The number of hydrogen-bond donors (Lipinski definition) is 1. The lowest BCUT2D eigenvalue weighted by molar-refractivity contribution is -0.232. The lowest BCUT2D eigenvalue weighted by atomic mass is 10.2. The third kappa shape index (κ3) is 3.88. The van der Waals surface area contributed by atoms with E-state index in [1.54, 1.807) is 30.3 Å². The number of ether oxygens (including phenoxy) is 3. The van der Waals surface area contributed by atoms with Crippen molar-refractivity contribution in [2.24, 2.45) is 0 Å². The maximum Gasteiger partial charge on any atom is 0.426 e. The molecule has 0 spiro atoms. The molecule has 1 unspecified atom stereocenters. The van der Waals surface area contributed by atoms with Gasteiger partial charge in [0.1, 0.15) is 6.61 Å². The van der Waals surface area contributed by atoms with E-state index in [9.17, 15) is 14.3 Å². The maximum absolute atomic E-state index is 12.1. The van der Waals surface area contributed by atoms with E-state index in [4.69, 9.17) is 14.2 Å². The topological polar surface area (TPSA) is 101 Å². The van der Waals surface area contributed by atoms with Gasteiger partial charge in [-0.05, 0) is 5.56 Å². The van der Waals surface area contributed by atoms with E-state index in [-0.39, 0.29) is 6.61 Å². The van der Waals surface area contributed by atoms with E-state index < -0.39 is 19.1 Å². The van der Waals surface area contributed by atoms with Gasteiger partial charge in [0.15, 0.2) is 0 Å². The molecule has 1 atom stereocenters. The van der Waals surface area contributed by atoms with Gasteiger partial charge < -0.3 is 19.1 Å². The van der Waals surface area contributed by atoms with Crippen LogP contribution in [0.5, 0.6) is 0 Å². The molecule has 0 saturated carbocycles. The highest BCUT2D eigenvalue weighted by Crippen LogP contribution is 2.56. The minimum atomic E-state index is -4.75. The average molecular weight is 320 g/mol. The van der Waals surface area contributed by atoms with Gasteiger partial charge in [0.2, 0.25) is 0 Å². The summed E-state index contributed by atoms with van der Waals surface area (Å²) in [5.74, 6) is -1.21. The Kier molecular flexibility index (Phi) is 6.47. The first-order valence-corrected chi connectivity index (χ1v) is 7.38. The SMILES string of the molecule is COOP(=O)(O)C(OC)(OC)C(=O)OCc1ccccc1. The van der Waals surface area contributed by atoms with E-state index in [1.807, 2.05) is 0 Å². The standard InChI is InChI=1S/C12H17O8P/c1-16-12(17-2,21(14,15)20-18-3)11(13)19-9-10-7-5-4-6-8-10/h4-8H,9H2,1-3H3,(H,14,15). The van der Waals surface area contributed by atoms with Crippen LogP contribution in [0.4, 0.5) is 0 Å². The zero-order valence-corrected chi connectivity index (χ0v) is 12.7. The van der Waals surface area contributed by atoms with Crippen molar-refractivity contribution in [2.75, 3.05) is 21.3 Å². The first kappa shape index (κ1) is 17.8. The highest BCUT2D eigenvalue weighted by Gasteiger charge is 2.60. The lowest BCUT2D eigenvalue weighted by Gasteiger charge is -2.29. The van der Waals surface area contributed by atoms with Crippen LogP contribution in [-0.4, -0.2) is 37.7 Å². The van der Waals surface area contributed by atoms with Crippen LogP contribution in [-0.2, 0) is 39.7 Å². The minimum Gasteiger partial charge on any atom is -0.456 e. The van der Waals surface area contributed by atoms with Gasteiger partial charge in [-0.25, -0.2) is 9.68 Å². The van der Waals surface area contributed by atoms with Gasteiger partial charge >= 0.3 is 19.1 Å². The molecule has 118 valence electrons. The molecule has 0 amide bonds. The molecule has 0 fully saturated rings. The Hall–Kier alpha value is -1.28. The molecule has 9 heteroatoms. The number of methoxy groups -OCH3 is 2. The minimum absolute atomic E-state index is 0.124. The fourth-order valence-corrected chi connectivity index (χ4v) is 2.62. The summed E-state index contributed by atoms with van der Waals surface area (Å²) in [6.07, 6.45) is 0. The molecule has 1 aromatic carbocycles. The summed E-state index contributed by atoms with van der Waals surface area (Å²) in [5.41, 5.74) is -1.94. The Bertz CT molecular complexity index is 499. The second-order valence-electron chi connectivity index (χ2n) is 3.81. The Labute approximate surface area is 122 Å². The predicted octanol–water partition coefficient (Wildman–Crippen LogP) is 1.44. The van der Waals surface area contributed by atoms with E-state index in [2.05, 4.69) is 9.56 Å². The summed E-state index contributed by atoms with van der Waals surface area (Å²) in [7, 11) is -1.73. The van der Waals surface area contributed by atoms with Crippen LogP contribution < -0.4 is 0 Å². The zero-order valence-electron chi connectivity index (χ0n) is 11.8. The molecule has 0 aliphatic heterocycles. The Balaban J connectivity index is 2.90. The molecule has 8 nitrogen and oxygen atoms in total. The summed E-state index contributed by atoms with van der Waals surface area (Å²) >= 11 is 0. The number of carbonyl (C=O) groups is 1. The highest BCUT2D eigenvalue weighted by molar-refractivity contribution is 7.55. The van der Waals surface area contributed by atoms with E-state index in [0.717, 1.165) is 21.3 Å². The van der Waals surface area contributed by atoms with Crippen LogP contribution >= 0.6 is 7.60 Å². The van der Waals surface area contributed by atoms with Crippen molar-refractivity contribution in [1.29, 1.82) is 0 Å². The highest BCUT2D eigenvalue weighted by atomic mass is 31.2. The Morgan fingerprint density at radius 2 is 1.76 bits per heavy atom. The zero-order chi connectivity index (χ0) is 15.9. The fraction of sp³-hybridized carbons (Fsp3) is 0.417. The quantitative estimate of drug-likeness (QED) is 0.252. The number of carbonyl (C=O) groups excluding carboxylic acids is 1. The van der Waals surface area contributed by atoms with Gasteiger partial charge in [0, 0.05) is 14.2 Å². The summed E-state index contributed by atoms with van der Waals surface area (Å²) < 4.78 is 30.6. The number of hydrogen-bond acceptors (Lipinski definition) is 7. The molecule has 0 aromatic heterocycles. The second kappa shape index (κ2) is 7.65. The van der Waals surface area contributed by atoms with Crippen molar-refractivity contribution in [3.63, 3.8) is 0 Å². The molecular formula is C12H17O8P. The van der Waals surface area contributed by atoms with Crippen LogP contribution in [0.25, 0.3) is 0 Å². The monoisotopic (exact) mass is 320 g/mol. The largest absolute Gasteiger partial charge is 0.456 e. The van der Waals surface area contributed by atoms with E-state index in [0.29, 0.717) is 5.56 Å². The van der Waals surface area contributed by atoms with Crippen LogP contribution in [0.1, 0.15) is 5.56 Å². The molecule has 0 saturated heterocycles. The molecule has 1 aromatic rings. The second-order valence-corrected chi connectivity index (χ2v) is 5.59. The average Bonchev–Trinajstić information content (AvgIpc) is 2.47. The van der Waals surface area contributed by atoms with Gasteiger partial charge in [0.25, 0.3) is 0 Å². The molecule has 0 aliphatic rings. The van der Waals surface area contributed by atoms with Crippen molar-refractivity contribution in [1.82, 2.24) is 0 Å². The van der Waals surface area contributed by atoms with Crippen LogP contribution in [0.2, 0.25) is 0 Å². The predicted molar refractivity (Wildman–Crippen MR) is 70.9 cm³/mol. The van der Waals surface area contributed by atoms with Gasteiger partial charge in [-0.2, -0.15) is 0 Å². The van der Waals surface area contributed by atoms with Gasteiger partial charge in [-0.15, -0.1) is 4.67 Å². The molecule has 0 bridgehead atoms. The van der Waals surface area contributed by atoms with Crippen molar-refractivity contribution >= 4 is 13.6 Å². The molecule has 1 rings (SSSR count). The fourth-order valence-electron chi connectivity index (χ4n) is 1.56. The lowest BCUT2D eigenvalue weighted by Crippen LogP contribution is -2.44. The number of rotatable bonds is 8. The maximum atomic E-state index is 12.1. The van der Waals surface area contributed by atoms with Crippen molar-refractivity contribution < 1.29 is 38.0 Å². The molecule has 21 heavy (non-hydrogen) atoms. The van der Waals surface area contributed by atoms with Crippen molar-refractivity contribution in [3.8, 4) is 0 Å². The molecule has 0 aliphatic carbocycles. The number of benzene rings is 1. The van der Waals surface area contributed by atoms with Crippen LogP contribution in [0.15, 0.2) is 30.3 Å². The summed E-state index contributed by atoms with van der Waals surface area (Å²) in [6.45, 7) is -0.124. The Morgan fingerprint density at radius 3 is 2.24 bits per heavy atom.